The number of hydroxylamine groups is 1. The van der Waals surface area contributed by atoms with Crippen LogP contribution in [0.1, 0.15) is 46.0 Å². The van der Waals surface area contributed by atoms with E-state index in [9.17, 15) is 9.59 Å². The van der Waals surface area contributed by atoms with Crippen molar-refractivity contribution in [2.75, 3.05) is 6.61 Å². The summed E-state index contributed by atoms with van der Waals surface area (Å²) in [5, 5.41) is 11.4. The van der Waals surface area contributed by atoms with Crippen LogP contribution in [-0.2, 0) is 14.3 Å². The van der Waals surface area contributed by atoms with Gasteiger partial charge in [0, 0.05) is 17.0 Å². The van der Waals surface area contributed by atoms with Gasteiger partial charge in [-0.3, -0.25) is 14.8 Å². The summed E-state index contributed by atoms with van der Waals surface area (Å²) in [6, 6.07) is -1.09. The predicted octanol–water partition coefficient (Wildman–Crippen LogP) is 1.69. The fourth-order valence-corrected chi connectivity index (χ4v) is 3.13. The van der Waals surface area contributed by atoms with E-state index in [-0.39, 0.29) is 0 Å². The first-order chi connectivity index (χ1) is 13.3. The lowest BCUT2D eigenvalue weighted by molar-refractivity contribution is -0.135. The van der Waals surface area contributed by atoms with E-state index in [0.29, 0.717) is 30.3 Å². The van der Waals surface area contributed by atoms with Crippen molar-refractivity contribution in [1.29, 1.82) is 0 Å². The molecule has 28 heavy (non-hydrogen) atoms. The summed E-state index contributed by atoms with van der Waals surface area (Å²) in [4.78, 5) is 24.3. The Morgan fingerprint density at radius 1 is 1.32 bits per heavy atom. The second-order valence-corrected chi connectivity index (χ2v) is 7.63. The molecule has 1 unspecified atom stereocenters. The zero-order valence-corrected chi connectivity index (χ0v) is 16.5. The molecule has 0 aromatic heterocycles. The van der Waals surface area contributed by atoms with Crippen molar-refractivity contribution in [2.24, 2.45) is 11.7 Å². The topological polar surface area (TPSA) is 114 Å². The Balaban J connectivity index is 1.90. The molecule has 0 saturated heterocycles. The van der Waals surface area contributed by atoms with Gasteiger partial charge in [0.15, 0.2) is 0 Å². The van der Waals surface area contributed by atoms with Crippen molar-refractivity contribution in [3.05, 3.63) is 35.6 Å². The largest absolute Gasteiger partial charge is 0.481 e. The van der Waals surface area contributed by atoms with Crippen molar-refractivity contribution in [2.45, 2.75) is 57.5 Å². The molecule has 2 amide bonds. The minimum Gasteiger partial charge on any atom is -0.481 e. The molecular weight excluding hydrogens is 358 g/mol. The van der Waals surface area contributed by atoms with Crippen LogP contribution < -0.4 is 16.5 Å². The molecule has 1 saturated carbocycles. The van der Waals surface area contributed by atoms with Gasteiger partial charge >= 0.3 is 0 Å². The lowest BCUT2D eigenvalue weighted by Gasteiger charge is -2.29. The number of amides is 2. The third-order valence-electron chi connectivity index (χ3n) is 4.71. The van der Waals surface area contributed by atoms with Crippen LogP contribution in [0.2, 0.25) is 0 Å². The number of ether oxygens (including phenoxy) is 1. The van der Waals surface area contributed by atoms with Crippen molar-refractivity contribution < 1.29 is 19.5 Å². The summed E-state index contributed by atoms with van der Waals surface area (Å²) < 4.78 is 5.66. The summed E-state index contributed by atoms with van der Waals surface area (Å²) in [6.07, 6.45) is 12.3. The standard InChI is InChI=1S/C21H29N3O4/c1-21(2,22)18(20(26)24-27)23-19(25)16-10-5-11-17(13-12-16)28-14-6-9-15-7-3-4-8-15/h10-13,15,18,27H,3-5,7-8,14,22H2,1-2H3,(H,23,25)(H,24,26). The Kier molecular flexibility index (Phi) is 7.85. The number of nitrogens with one attached hydrogen (secondary N) is 2. The number of nitrogens with two attached hydrogens (primary N) is 1. The fourth-order valence-electron chi connectivity index (χ4n) is 3.13. The van der Waals surface area contributed by atoms with Crippen LogP contribution in [0, 0.1) is 17.8 Å². The van der Waals surface area contributed by atoms with Crippen LogP contribution >= 0.6 is 0 Å². The highest BCUT2D eigenvalue weighted by atomic mass is 16.5. The molecule has 1 atom stereocenters. The Morgan fingerprint density at radius 2 is 2.04 bits per heavy atom. The number of carbonyl (C=O) groups excluding carboxylic acids is 2. The molecule has 0 spiro atoms. The van der Waals surface area contributed by atoms with Gasteiger partial charge in [-0.15, -0.1) is 0 Å². The molecule has 0 aliphatic heterocycles. The third-order valence-corrected chi connectivity index (χ3v) is 4.71. The molecule has 2 aliphatic carbocycles. The average Bonchev–Trinajstić information content (AvgIpc) is 3.05. The van der Waals surface area contributed by atoms with E-state index in [2.05, 4.69) is 17.2 Å². The van der Waals surface area contributed by atoms with Gasteiger partial charge in [-0.1, -0.05) is 30.8 Å². The highest BCUT2D eigenvalue weighted by Crippen LogP contribution is 2.23. The van der Waals surface area contributed by atoms with Crippen LogP contribution in [-0.4, -0.2) is 35.2 Å². The number of allylic oxidation sites excluding steroid dienone is 3. The lowest BCUT2D eigenvalue weighted by Crippen LogP contribution is -2.61. The van der Waals surface area contributed by atoms with E-state index >= 15 is 0 Å². The van der Waals surface area contributed by atoms with Gasteiger partial charge in [-0.2, -0.15) is 0 Å². The molecule has 0 aromatic rings. The molecule has 152 valence electrons. The van der Waals surface area contributed by atoms with Crippen LogP contribution in [0.3, 0.4) is 0 Å². The first-order valence-corrected chi connectivity index (χ1v) is 9.54. The summed E-state index contributed by atoms with van der Waals surface area (Å²) in [5.74, 6) is 6.21. The van der Waals surface area contributed by atoms with Crippen molar-refractivity contribution in [3.8, 4) is 11.8 Å². The maximum Gasteiger partial charge on any atom is 0.267 e. The van der Waals surface area contributed by atoms with Gasteiger partial charge in [0.1, 0.15) is 18.4 Å². The first kappa shape index (κ1) is 21.7. The molecule has 0 heterocycles. The lowest BCUT2D eigenvalue weighted by atomic mass is 9.95. The van der Waals surface area contributed by atoms with Crippen LogP contribution in [0.25, 0.3) is 0 Å². The van der Waals surface area contributed by atoms with E-state index in [1.54, 1.807) is 32.1 Å². The molecular formula is C21H29N3O4. The van der Waals surface area contributed by atoms with Crippen LogP contribution in [0.4, 0.5) is 0 Å². The van der Waals surface area contributed by atoms with Gasteiger partial charge in [0.05, 0.1) is 0 Å². The number of hydrogen-bond acceptors (Lipinski definition) is 5. The zero-order valence-electron chi connectivity index (χ0n) is 16.5. The second-order valence-electron chi connectivity index (χ2n) is 7.63. The second kappa shape index (κ2) is 10.1. The minimum absolute atomic E-state index is 0.314. The predicted molar refractivity (Wildman–Crippen MR) is 106 cm³/mol. The molecule has 0 aromatic carbocycles. The Morgan fingerprint density at radius 3 is 2.68 bits per heavy atom. The van der Waals surface area contributed by atoms with Crippen molar-refractivity contribution in [3.63, 3.8) is 0 Å². The van der Waals surface area contributed by atoms with Gasteiger partial charge in [0.2, 0.25) is 0 Å². The number of rotatable bonds is 6. The van der Waals surface area contributed by atoms with E-state index < -0.39 is 23.4 Å². The minimum atomic E-state index is -1.09. The Bertz CT molecular complexity index is 729. The maximum absolute atomic E-state index is 12.5. The van der Waals surface area contributed by atoms with Gasteiger partial charge in [0.25, 0.3) is 11.8 Å². The number of carbonyl (C=O) groups is 2. The fraction of sp³-hybridized carbons (Fsp3) is 0.524. The third kappa shape index (κ3) is 6.55. The highest BCUT2D eigenvalue weighted by Gasteiger charge is 2.33. The van der Waals surface area contributed by atoms with E-state index in [1.807, 2.05) is 6.08 Å². The Hall–Kier alpha value is -2.56. The molecule has 2 rings (SSSR count). The van der Waals surface area contributed by atoms with E-state index in [4.69, 9.17) is 15.7 Å². The molecule has 1 fully saturated rings. The number of hydrogen-bond donors (Lipinski definition) is 4. The Labute approximate surface area is 166 Å². The summed E-state index contributed by atoms with van der Waals surface area (Å²) in [6.45, 7) is 3.49. The average molecular weight is 387 g/mol. The highest BCUT2D eigenvalue weighted by molar-refractivity contribution is 5.99. The molecule has 7 nitrogen and oxygen atoms in total. The molecule has 7 heteroatoms. The van der Waals surface area contributed by atoms with Gasteiger partial charge in [-0.05, 0) is 51.3 Å². The summed E-state index contributed by atoms with van der Waals surface area (Å²) >= 11 is 0. The SMILES string of the molecule is CC(C)(N)C(NC(=O)C1=CCC=C(OCC#CC2CCCC2)C=C1)C(=O)NO. The monoisotopic (exact) mass is 387 g/mol. The summed E-state index contributed by atoms with van der Waals surface area (Å²) in [7, 11) is 0. The zero-order chi connectivity index (χ0) is 20.6. The summed E-state index contributed by atoms with van der Waals surface area (Å²) in [5.41, 5.74) is 6.79. The van der Waals surface area contributed by atoms with Crippen LogP contribution in [0.5, 0.6) is 0 Å². The normalized spacial score (nSPS) is 18.1. The van der Waals surface area contributed by atoms with Gasteiger partial charge in [-0.25, -0.2) is 5.48 Å². The van der Waals surface area contributed by atoms with Gasteiger partial charge < -0.3 is 15.8 Å². The first-order valence-electron chi connectivity index (χ1n) is 9.54. The molecule has 5 N–H and O–H groups in total. The quantitative estimate of drug-likeness (QED) is 0.315. The smallest absolute Gasteiger partial charge is 0.267 e. The molecule has 0 bridgehead atoms. The van der Waals surface area contributed by atoms with Crippen LogP contribution in [0.15, 0.2) is 35.6 Å². The van der Waals surface area contributed by atoms with Crippen molar-refractivity contribution in [1.82, 2.24) is 10.8 Å². The molecule has 2 aliphatic rings. The van der Waals surface area contributed by atoms with Crippen molar-refractivity contribution >= 4 is 11.8 Å². The van der Waals surface area contributed by atoms with E-state index in [0.717, 1.165) is 0 Å². The van der Waals surface area contributed by atoms with E-state index in [1.165, 1.54) is 31.2 Å². The maximum atomic E-state index is 12.5. The molecule has 0 radical (unpaired) electrons.